The second-order valence-electron chi connectivity index (χ2n) is 6.07. The highest BCUT2D eigenvalue weighted by molar-refractivity contribution is 7.88. The molecule has 1 aliphatic rings. The molecule has 2 heterocycles. The maximum absolute atomic E-state index is 12.5. The van der Waals surface area contributed by atoms with E-state index in [2.05, 4.69) is 6.92 Å². The summed E-state index contributed by atoms with van der Waals surface area (Å²) < 4.78 is 30.4. The maximum Gasteiger partial charge on any atom is 0.224 e. The van der Waals surface area contributed by atoms with E-state index in [1.165, 1.54) is 10.6 Å². The predicted molar refractivity (Wildman–Crippen MR) is 88.2 cm³/mol. The standard InChI is InChI=1S/C16H26N2O4S/c1-3-14-7-4-5-10-18(14)16(19)9-11-17(23(2,20)21)13-15-8-6-12-22-15/h6,8,12,14H,3-5,7,9-11,13H2,1-2H3. The fourth-order valence-electron chi connectivity index (χ4n) is 3.06. The van der Waals surface area contributed by atoms with Crippen molar-refractivity contribution in [1.82, 2.24) is 9.21 Å². The van der Waals surface area contributed by atoms with Gasteiger partial charge in [-0.25, -0.2) is 8.42 Å². The number of rotatable bonds is 7. The third-order valence-electron chi connectivity index (χ3n) is 4.38. The van der Waals surface area contributed by atoms with E-state index in [-0.39, 0.29) is 25.4 Å². The first-order chi connectivity index (χ1) is 10.9. The number of piperidine rings is 1. The fraction of sp³-hybridized carbons (Fsp3) is 0.688. The number of likely N-dealkylation sites (tertiary alicyclic amines) is 1. The van der Waals surface area contributed by atoms with Crippen LogP contribution < -0.4 is 0 Å². The number of hydrogen-bond donors (Lipinski definition) is 0. The Hall–Kier alpha value is -1.34. The molecule has 6 nitrogen and oxygen atoms in total. The highest BCUT2D eigenvalue weighted by Crippen LogP contribution is 2.20. The van der Waals surface area contributed by atoms with Gasteiger partial charge in [0.25, 0.3) is 0 Å². The van der Waals surface area contributed by atoms with Crippen molar-refractivity contribution < 1.29 is 17.6 Å². The molecule has 1 saturated heterocycles. The van der Waals surface area contributed by atoms with E-state index in [1.807, 2.05) is 4.90 Å². The summed E-state index contributed by atoms with van der Waals surface area (Å²) in [7, 11) is -3.38. The number of furan rings is 1. The summed E-state index contributed by atoms with van der Waals surface area (Å²) in [6.07, 6.45) is 7.08. The molecule has 1 fully saturated rings. The van der Waals surface area contributed by atoms with Gasteiger partial charge in [-0.1, -0.05) is 6.92 Å². The monoisotopic (exact) mass is 342 g/mol. The van der Waals surface area contributed by atoms with E-state index in [0.717, 1.165) is 38.5 Å². The molecule has 1 aliphatic heterocycles. The minimum Gasteiger partial charge on any atom is -0.468 e. The van der Waals surface area contributed by atoms with Crippen molar-refractivity contribution >= 4 is 15.9 Å². The molecule has 1 unspecified atom stereocenters. The topological polar surface area (TPSA) is 70.8 Å². The van der Waals surface area contributed by atoms with Gasteiger partial charge in [0.2, 0.25) is 15.9 Å². The lowest BCUT2D eigenvalue weighted by atomic mass is 9.99. The smallest absolute Gasteiger partial charge is 0.224 e. The molecule has 1 amide bonds. The van der Waals surface area contributed by atoms with Crippen molar-refractivity contribution in [2.24, 2.45) is 0 Å². The zero-order valence-electron chi connectivity index (χ0n) is 13.9. The Labute approximate surface area is 138 Å². The molecule has 0 aromatic carbocycles. The van der Waals surface area contributed by atoms with Crippen molar-refractivity contribution in [3.8, 4) is 0 Å². The molecule has 23 heavy (non-hydrogen) atoms. The Morgan fingerprint density at radius 3 is 2.83 bits per heavy atom. The van der Waals surface area contributed by atoms with Gasteiger partial charge in [-0.15, -0.1) is 0 Å². The molecule has 1 atom stereocenters. The van der Waals surface area contributed by atoms with Crippen LogP contribution >= 0.6 is 0 Å². The number of carbonyl (C=O) groups excluding carboxylic acids is 1. The van der Waals surface area contributed by atoms with Crippen LogP contribution in [0.15, 0.2) is 22.8 Å². The van der Waals surface area contributed by atoms with E-state index in [9.17, 15) is 13.2 Å². The van der Waals surface area contributed by atoms with Gasteiger partial charge in [-0.3, -0.25) is 4.79 Å². The molecule has 0 N–H and O–H groups in total. The van der Waals surface area contributed by atoms with E-state index >= 15 is 0 Å². The summed E-state index contributed by atoms with van der Waals surface area (Å²) in [6, 6.07) is 3.76. The Bertz CT molecular complexity index is 598. The molecule has 2 rings (SSSR count). The largest absolute Gasteiger partial charge is 0.468 e. The molecular formula is C16H26N2O4S. The molecule has 1 aromatic rings. The first-order valence-electron chi connectivity index (χ1n) is 8.18. The molecule has 0 bridgehead atoms. The van der Waals surface area contributed by atoms with Gasteiger partial charge < -0.3 is 9.32 Å². The van der Waals surface area contributed by atoms with E-state index in [1.54, 1.807) is 12.1 Å². The van der Waals surface area contributed by atoms with Gasteiger partial charge in [0.1, 0.15) is 5.76 Å². The molecule has 0 aliphatic carbocycles. The summed E-state index contributed by atoms with van der Waals surface area (Å²) in [5, 5.41) is 0. The number of sulfonamides is 1. The molecule has 1 aromatic heterocycles. The zero-order chi connectivity index (χ0) is 16.9. The minimum atomic E-state index is -3.38. The van der Waals surface area contributed by atoms with Gasteiger partial charge in [0.05, 0.1) is 19.1 Å². The molecule has 0 saturated carbocycles. The SMILES string of the molecule is CCC1CCCCN1C(=O)CCN(Cc1ccco1)S(C)(=O)=O. The molecule has 130 valence electrons. The van der Waals surface area contributed by atoms with E-state index in [4.69, 9.17) is 4.42 Å². The van der Waals surface area contributed by atoms with E-state index in [0.29, 0.717) is 11.8 Å². The van der Waals surface area contributed by atoms with Crippen LogP contribution in [-0.4, -0.2) is 48.9 Å². The lowest BCUT2D eigenvalue weighted by Crippen LogP contribution is -2.44. The summed E-state index contributed by atoms with van der Waals surface area (Å²) in [5.41, 5.74) is 0. The van der Waals surface area contributed by atoms with Crippen molar-refractivity contribution in [2.45, 2.75) is 51.6 Å². The van der Waals surface area contributed by atoms with Crippen LogP contribution in [0.25, 0.3) is 0 Å². The third kappa shape index (κ3) is 5.07. The Balaban J connectivity index is 1.96. The second-order valence-corrected chi connectivity index (χ2v) is 8.05. The molecule has 0 radical (unpaired) electrons. The summed E-state index contributed by atoms with van der Waals surface area (Å²) in [4.78, 5) is 14.4. The predicted octanol–water partition coefficient (Wildman–Crippen LogP) is 2.22. The summed E-state index contributed by atoms with van der Waals surface area (Å²) >= 11 is 0. The number of hydrogen-bond acceptors (Lipinski definition) is 4. The summed E-state index contributed by atoms with van der Waals surface area (Å²) in [5.74, 6) is 0.622. The third-order valence-corrected chi connectivity index (χ3v) is 5.62. The van der Waals surface area contributed by atoms with Crippen LogP contribution in [0.1, 0.15) is 44.8 Å². The Morgan fingerprint density at radius 1 is 1.43 bits per heavy atom. The van der Waals surface area contributed by atoms with Crippen molar-refractivity contribution in [2.75, 3.05) is 19.3 Å². The van der Waals surface area contributed by atoms with Crippen LogP contribution in [0.3, 0.4) is 0 Å². The minimum absolute atomic E-state index is 0.0460. The first-order valence-corrected chi connectivity index (χ1v) is 10.0. The van der Waals surface area contributed by atoms with Gasteiger partial charge >= 0.3 is 0 Å². The van der Waals surface area contributed by atoms with Gasteiger partial charge in [-0.2, -0.15) is 4.31 Å². The second kappa shape index (κ2) is 7.97. The van der Waals surface area contributed by atoms with Crippen LogP contribution in [0.4, 0.5) is 0 Å². The maximum atomic E-state index is 12.5. The van der Waals surface area contributed by atoms with Crippen LogP contribution in [0.5, 0.6) is 0 Å². The average Bonchev–Trinajstić information content (AvgIpc) is 3.03. The highest BCUT2D eigenvalue weighted by atomic mass is 32.2. The molecule has 0 spiro atoms. The van der Waals surface area contributed by atoms with Crippen molar-refractivity contribution in [3.05, 3.63) is 24.2 Å². The lowest BCUT2D eigenvalue weighted by Gasteiger charge is -2.35. The zero-order valence-corrected chi connectivity index (χ0v) is 14.7. The van der Waals surface area contributed by atoms with Gasteiger partial charge in [0, 0.05) is 25.6 Å². The summed E-state index contributed by atoms with van der Waals surface area (Å²) in [6.45, 7) is 3.23. The quantitative estimate of drug-likeness (QED) is 0.762. The molecule has 7 heteroatoms. The van der Waals surface area contributed by atoms with Crippen LogP contribution in [-0.2, 0) is 21.4 Å². The molecular weight excluding hydrogens is 316 g/mol. The number of nitrogens with zero attached hydrogens (tertiary/aromatic N) is 2. The van der Waals surface area contributed by atoms with E-state index < -0.39 is 10.0 Å². The fourth-order valence-corrected chi connectivity index (χ4v) is 3.84. The lowest BCUT2D eigenvalue weighted by molar-refractivity contribution is -0.135. The van der Waals surface area contributed by atoms with Crippen LogP contribution in [0, 0.1) is 0 Å². The Kier molecular flexibility index (Phi) is 6.24. The first kappa shape index (κ1) is 18.0. The number of carbonyl (C=O) groups is 1. The van der Waals surface area contributed by atoms with Crippen molar-refractivity contribution in [3.63, 3.8) is 0 Å². The van der Waals surface area contributed by atoms with Gasteiger partial charge in [-0.05, 0) is 37.8 Å². The Morgan fingerprint density at radius 2 is 2.22 bits per heavy atom. The van der Waals surface area contributed by atoms with Crippen LogP contribution in [0.2, 0.25) is 0 Å². The van der Waals surface area contributed by atoms with Crippen molar-refractivity contribution in [1.29, 1.82) is 0 Å². The number of amides is 1. The van der Waals surface area contributed by atoms with Gasteiger partial charge in [0.15, 0.2) is 0 Å². The highest BCUT2D eigenvalue weighted by Gasteiger charge is 2.26. The average molecular weight is 342 g/mol. The normalized spacial score (nSPS) is 19.3.